The molecule has 204 valence electrons. The molecule has 3 aromatic rings. The van der Waals surface area contributed by atoms with Crippen LogP contribution in [0.5, 0.6) is 0 Å². The predicted molar refractivity (Wildman–Crippen MR) is 143 cm³/mol. The molecule has 0 amide bonds. The summed E-state index contributed by atoms with van der Waals surface area (Å²) in [7, 11) is -2.01. The molecule has 0 radical (unpaired) electrons. The second-order valence-electron chi connectivity index (χ2n) is 9.98. The van der Waals surface area contributed by atoms with Gasteiger partial charge in [-0.25, -0.2) is 12.8 Å². The van der Waals surface area contributed by atoms with Crippen LogP contribution in [0.15, 0.2) is 51.8 Å². The molecular formula is C26H31ClFN5O4S. The molecule has 2 aromatic carbocycles. The molecule has 0 bridgehead atoms. The summed E-state index contributed by atoms with van der Waals surface area (Å²) in [6, 6.07) is 11.6. The molecule has 2 N–H and O–H groups in total. The number of rotatable bonds is 7. The summed E-state index contributed by atoms with van der Waals surface area (Å²) in [4.78, 5) is 4.10. The van der Waals surface area contributed by atoms with Crippen molar-refractivity contribution < 1.29 is 22.0 Å². The van der Waals surface area contributed by atoms with E-state index in [9.17, 15) is 8.42 Å². The minimum absolute atomic E-state index is 0.0720. The van der Waals surface area contributed by atoms with Crippen molar-refractivity contribution in [1.29, 1.82) is 0 Å². The van der Waals surface area contributed by atoms with Gasteiger partial charge in [0, 0.05) is 49.9 Å². The van der Waals surface area contributed by atoms with E-state index in [1.807, 2.05) is 21.9 Å². The van der Waals surface area contributed by atoms with E-state index in [-0.39, 0.29) is 35.4 Å². The van der Waals surface area contributed by atoms with E-state index in [2.05, 4.69) is 10.2 Å². The zero-order valence-corrected chi connectivity index (χ0v) is 22.7. The van der Waals surface area contributed by atoms with Gasteiger partial charge in [-0.05, 0) is 55.3 Å². The zero-order valence-electron chi connectivity index (χ0n) is 21.1. The zero-order chi connectivity index (χ0) is 26.9. The fraction of sp³-hybridized carbons (Fsp3) is 0.462. The number of likely N-dealkylation sites (tertiary alicyclic amines) is 1. The van der Waals surface area contributed by atoms with Crippen LogP contribution in [0.25, 0.3) is 11.5 Å². The third-order valence-electron chi connectivity index (χ3n) is 7.00. The van der Waals surface area contributed by atoms with E-state index in [4.69, 9.17) is 26.5 Å². The summed E-state index contributed by atoms with van der Waals surface area (Å²) in [6.45, 7) is 2.82. The normalized spacial score (nSPS) is 23.7. The van der Waals surface area contributed by atoms with Crippen molar-refractivity contribution in [2.24, 2.45) is 5.73 Å². The van der Waals surface area contributed by atoms with Gasteiger partial charge in [-0.2, -0.15) is 0 Å². The first-order valence-electron chi connectivity index (χ1n) is 12.5. The van der Waals surface area contributed by atoms with Gasteiger partial charge < -0.3 is 19.8 Å². The minimum atomic E-state index is -3.62. The Hall–Kier alpha value is -2.57. The number of sulfone groups is 1. The van der Waals surface area contributed by atoms with Crippen LogP contribution in [0.2, 0.25) is 5.02 Å². The lowest BCUT2D eigenvalue weighted by Gasteiger charge is -2.34. The number of aromatic nitrogens is 2. The average Bonchev–Trinajstić information content (AvgIpc) is 3.36. The number of nitrogens with zero attached hydrogens (tertiary/aromatic N) is 4. The number of hydrogen-bond acceptors (Lipinski definition) is 9. The Morgan fingerprint density at radius 3 is 2.79 bits per heavy atom. The maximum atomic E-state index is 15.9. The number of nitrogens with two attached hydrogens (primary N) is 1. The number of ether oxygens (including phenoxy) is 1. The number of alkyl halides is 1. The van der Waals surface area contributed by atoms with Crippen molar-refractivity contribution >= 4 is 27.1 Å². The molecule has 1 fully saturated rings. The molecule has 2 aliphatic heterocycles. The van der Waals surface area contributed by atoms with Crippen molar-refractivity contribution in [2.75, 3.05) is 50.5 Å². The lowest BCUT2D eigenvalue weighted by atomic mass is 9.94. The van der Waals surface area contributed by atoms with E-state index >= 15 is 4.39 Å². The summed E-state index contributed by atoms with van der Waals surface area (Å²) in [5, 5.41) is 8.80. The first-order chi connectivity index (χ1) is 18.2. The number of halogens is 2. The summed E-state index contributed by atoms with van der Waals surface area (Å²) in [5.74, 6) is -0.103. The van der Waals surface area contributed by atoms with Crippen LogP contribution in [-0.4, -0.2) is 75.2 Å². The number of piperidine rings is 1. The third-order valence-corrected chi connectivity index (χ3v) is 9.13. The SMILES string of the molecule is COCCN1CCCC(F)(c2nnc(-c3ccc4c(c3)N(Cc3ccc(Cl)cc3)C[C@@H](N)CS4(=O)=O)o2)C1. The number of anilines is 1. The molecule has 3 heterocycles. The molecule has 2 atom stereocenters. The molecule has 1 saturated heterocycles. The smallest absolute Gasteiger partial charge is 0.255 e. The lowest BCUT2D eigenvalue weighted by molar-refractivity contribution is 0.0108. The average molecular weight is 564 g/mol. The van der Waals surface area contributed by atoms with Crippen LogP contribution in [0, 0.1) is 0 Å². The van der Waals surface area contributed by atoms with Crippen LogP contribution >= 0.6 is 11.6 Å². The van der Waals surface area contributed by atoms with Crippen molar-refractivity contribution in [3.05, 3.63) is 58.9 Å². The van der Waals surface area contributed by atoms with E-state index in [0.717, 1.165) is 12.1 Å². The van der Waals surface area contributed by atoms with Gasteiger partial charge in [-0.3, -0.25) is 4.90 Å². The van der Waals surface area contributed by atoms with Crippen LogP contribution < -0.4 is 10.6 Å². The van der Waals surface area contributed by atoms with Gasteiger partial charge in [0.2, 0.25) is 11.6 Å². The molecule has 2 aliphatic rings. The van der Waals surface area contributed by atoms with Crippen molar-refractivity contribution in [2.45, 2.75) is 36.0 Å². The second-order valence-corrected chi connectivity index (χ2v) is 12.4. The lowest BCUT2D eigenvalue weighted by Crippen LogP contribution is -2.44. The van der Waals surface area contributed by atoms with E-state index in [1.165, 1.54) is 6.07 Å². The van der Waals surface area contributed by atoms with E-state index in [0.29, 0.717) is 48.9 Å². The maximum absolute atomic E-state index is 15.9. The van der Waals surface area contributed by atoms with Crippen LogP contribution in [0.1, 0.15) is 24.3 Å². The molecule has 0 aliphatic carbocycles. The van der Waals surface area contributed by atoms with Gasteiger partial charge in [0.15, 0.2) is 9.84 Å². The number of methoxy groups -OCH3 is 1. The van der Waals surface area contributed by atoms with Gasteiger partial charge in [0.05, 0.1) is 22.9 Å². The largest absolute Gasteiger partial charge is 0.417 e. The minimum Gasteiger partial charge on any atom is -0.417 e. The summed E-state index contributed by atoms with van der Waals surface area (Å²) in [6.07, 6.45) is 0.946. The maximum Gasteiger partial charge on any atom is 0.255 e. The Bertz CT molecular complexity index is 1390. The first-order valence-corrected chi connectivity index (χ1v) is 14.6. The fourth-order valence-electron chi connectivity index (χ4n) is 5.13. The van der Waals surface area contributed by atoms with Crippen molar-refractivity contribution in [3.63, 3.8) is 0 Å². The van der Waals surface area contributed by atoms with Gasteiger partial charge >= 0.3 is 0 Å². The Morgan fingerprint density at radius 1 is 1.24 bits per heavy atom. The van der Waals surface area contributed by atoms with Gasteiger partial charge in [0.1, 0.15) is 0 Å². The highest BCUT2D eigenvalue weighted by Gasteiger charge is 2.42. The molecule has 1 unspecified atom stereocenters. The monoisotopic (exact) mass is 563 g/mol. The third kappa shape index (κ3) is 5.72. The van der Waals surface area contributed by atoms with Gasteiger partial charge in [0.25, 0.3) is 5.89 Å². The highest BCUT2D eigenvalue weighted by atomic mass is 35.5. The molecule has 38 heavy (non-hydrogen) atoms. The molecule has 0 saturated carbocycles. The molecule has 0 spiro atoms. The molecule has 9 nitrogen and oxygen atoms in total. The number of fused-ring (bicyclic) bond motifs is 1. The standard InChI is InChI=1S/C26H31ClFN5O4S/c1-36-12-11-32-10-2-9-26(28,17-32)25-31-30-24(37-25)19-5-8-23-22(13-19)33(15-21(29)16-38(23,34)35)14-18-3-6-20(27)7-4-18/h3-8,13,21H,2,9-12,14-17,29H2,1H3/t21-,26?/m1/s1. The highest BCUT2D eigenvalue weighted by Crippen LogP contribution is 2.38. The fourth-order valence-corrected chi connectivity index (χ4v) is 6.89. The Morgan fingerprint density at radius 2 is 2.03 bits per heavy atom. The summed E-state index contributed by atoms with van der Waals surface area (Å²) in [5.41, 5.74) is 6.39. The highest BCUT2D eigenvalue weighted by molar-refractivity contribution is 7.91. The number of hydrogen-bond donors (Lipinski definition) is 1. The Labute approximate surface area is 226 Å². The predicted octanol–water partition coefficient (Wildman–Crippen LogP) is 3.42. The van der Waals surface area contributed by atoms with Crippen LogP contribution in [0.3, 0.4) is 0 Å². The quantitative estimate of drug-likeness (QED) is 0.461. The van der Waals surface area contributed by atoms with E-state index in [1.54, 1.807) is 31.4 Å². The molecule has 12 heteroatoms. The molecule has 5 rings (SSSR count). The summed E-state index contributed by atoms with van der Waals surface area (Å²) < 4.78 is 53.1. The topological polar surface area (TPSA) is 115 Å². The van der Waals surface area contributed by atoms with Gasteiger partial charge in [-0.1, -0.05) is 23.7 Å². The Balaban J connectivity index is 1.47. The van der Waals surface area contributed by atoms with Crippen LogP contribution in [0.4, 0.5) is 10.1 Å². The van der Waals surface area contributed by atoms with Crippen LogP contribution in [-0.2, 0) is 26.8 Å². The van der Waals surface area contributed by atoms with Crippen molar-refractivity contribution in [1.82, 2.24) is 15.1 Å². The Kier molecular flexibility index (Phi) is 7.74. The molecule has 1 aromatic heterocycles. The summed E-state index contributed by atoms with van der Waals surface area (Å²) >= 11 is 6.04. The van der Waals surface area contributed by atoms with Gasteiger partial charge in [-0.15, -0.1) is 10.2 Å². The van der Waals surface area contributed by atoms with E-state index < -0.39 is 21.5 Å². The first kappa shape index (κ1) is 27.0. The second kappa shape index (κ2) is 10.9. The number of benzene rings is 2. The molecular weight excluding hydrogens is 533 g/mol. The van der Waals surface area contributed by atoms with Crippen molar-refractivity contribution in [3.8, 4) is 11.5 Å².